The number of hydrogen-bond acceptors (Lipinski definition) is 3. The Labute approximate surface area is 119 Å². The summed E-state index contributed by atoms with van der Waals surface area (Å²) in [5.74, 6) is 0. The Morgan fingerprint density at radius 2 is 1.80 bits per heavy atom. The first kappa shape index (κ1) is 13.6. The minimum atomic E-state index is -0.116. The lowest BCUT2D eigenvalue weighted by Gasteiger charge is -2.19. The molecular formula is C17H15N3. The number of nitrogens with zero attached hydrogens (tertiary/aromatic N) is 2. The van der Waals surface area contributed by atoms with E-state index in [2.05, 4.69) is 17.5 Å². The van der Waals surface area contributed by atoms with E-state index in [4.69, 9.17) is 5.26 Å². The van der Waals surface area contributed by atoms with E-state index in [1.54, 1.807) is 0 Å². The van der Waals surface area contributed by atoms with E-state index in [0.717, 1.165) is 16.8 Å². The predicted octanol–water partition coefficient (Wildman–Crippen LogP) is 3.93. The average molecular weight is 261 g/mol. The highest BCUT2D eigenvalue weighted by molar-refractivity contribution is 5.61. The van der Waals surface area contributed by atoms with E-state index < -0.39 is 0 Å². The van der Waals surface area contributed by atoms with Crippen LogP contribution in [-0.2, 0) is 0 Å². The van der Waals surface area contributed by atoms with Gasteiger partial charge in [0, 0.05) is 0 Å². The molecule has 2 aromatic carbocycles. The van der Waals surface area contributed by atoms with Crippen molar-refractivity contribution in [2.24, 2.45) is 0 Å². The number of nitrogens with one attached hydrogen (secondary N) is 1. The summed E-state index contributed by atoms with van der Waals surface area (Å²) in [5.41, 5.74) is 3.38. The molecule has 0 aliphatic heterocycles. The van der Waals surface area contributed by atoms with Gasteiger partial charge in [-0.3, -0.25) is 0 Å². The van der Waals surface area contributed by atoms with Crippen molar-refractivity contribution < 1.29 is 0 Å². The van der Waals surface area contributed by atoms with Gasteiger partial charge in [0.1, 0.15) is 6.07 Å². The van der Waals surface area contributed by atoms with E-state index in [1.807, 2.05) is 55.5 Å². The van der Waals surface area contributed by atoms with E-state index in [-0.39, 0.29) is 6.04 Å². The van der Waals surface area contributed by atoms with E-state index in [0.29, 0.717) is 12.0 Å². The molecule has 0 heterocycles. The van der Waals surface area contributed by atoms with Crippen LogP contribution in [0.3, 0.4) is 0 Å². The van der Waals surface area contributed by atoms with Crippen molar-refractivity contribution in [2.45, 2.75) is 19.4 Å². The van der Waals surface area contributed by atoms with Crippen molar-refractivity contribution in [1.82, 2.24) is 0 Å². The highest BCUT2D eigenvalue weighted by atomic mass is 14.9. The molecule has 2 aromatic rings. The van der Waals surface area contributed by atoms with Crippen LogP contribution < -0.4 is 5.32 Å². The van der Waals surface area contributed by atoms with Gasteiger partial charge in [-0.2, -0.15) is 10.5 Å². The van der Waals surface area contributed by atoms with Crippen molar-refractivity contribution >= 4 is 5.69 Å². The zero-order chi connectivity index (χ0) is 14.4. The highest BCUT2D eigenvalue weighted by Gasteiger charge is 2.13. The fourth-order valence-corrected chi connectivity index (χ4v) is 2.15. The topological polar surface area (TPSA) is 59.6 Å². The summed E-state index contributed by atoms with van der Waals surface area (Å²) < 4.78 is 0. The molecule has 1 atom stereocenters. The minimum absolute atomic E-state index is 0.116. The number of rotatable bonds is 4. The minimum Gasteiger partial charge on any atom is -0.376 e. The molecule has 0 aliphatic carbocycles. The normalized spacial score (nSPS) is 11.2. The summed E-state index contributed by atoms with van der Waals surface area (Å²) in [4.78, 5) is 0. The fraction of sp³-hybridized carbons (Fsp3) is 0.176. The van der Waals surface area contributed by atoms with Gasteiger partial charge in [0.2, 0.25) is 0 Å². The number of benzene rings is 2. The first-order chi connectivity index (χ1) is 9.76. The zero-order valence-electron chi connectivity index (χ0n) is 11.3. The monoisotopic (exact) mass is 261 g/mol. The second-order valence-electron chi connectivity index (χ2n) is 4.58. The van der Waals surface area contributed by atoms with E-state index in [1.165, 1.54) is 0 Å². The molecule has 0 radical (unpaired) electrons. The Kier molecular flexibility index (Phi) is 4.37. The largest absolute Gasteiger partial charge is 0.376 e. The number of aryl methyl sites for hydroxylation is 1. The summed E-state index contributed by atoms with van der Waals surface area (Å²) in [6.07, 6.45) is 0.350. The van der Waals surface area contributed by atoms with Crippen LogP contribution in [0.25, 0.3) is 0 Å². The average Bonchev–Trinajstić information content (AvgIpc) is 2.48. The Balaban J connectivity index is 2.33. The molecular weight excluding hydrogens is 246 g/mol. The van der Waals surface area contributed by atoms with Crippen LogP contribution in [0.5, 0.6) is 0 Å². The summed E-state index contributed by atoms with van der Waals surface area (Å²) in [6, 6.07) is 19.8. The molecule has 0 aliphatic rings. The molecule has 3 heteroatoms. The van der Waals surface area contributed by atoms with E-state index >= 15 is 0 Å². The molecule has 0 amide bonds. The lowest BCUT2D eigenvalue weighted by molar-refractivity contribution is 0.805. The van der Waals surface area contributed by atoms with Crippen LogP contribution in [0.4, 0.5) is 5.69 Å². The first-order valence-corrected chi connectivity index (χ1v) is 6.44. The van der Waals surface area contributed by atoms with Crippen LogP contribution in [0.15, 0.2) is 48.5 Å². The van der Waals surface area contributed by atoms with Gasteiger partial charge in [0.05, 0.1) is 29.8 Å². The maximum atomic E-state index is 9.26. The fourth-order valence-electron chi connectivity index (χ4n) is 2.15. The molecule has 98 valence electrons. The number of anilines is 1. The van der Waals surface area contributed by atoms with Gasteiger partial charge in [-0.05, 0) is 24.1 Å². The molecule has 0 saturated heterocycles. The molecule has 1 unspecified atom stereocenters. The van der Waals surface area contributed by atoms with Gasteiger partial charge in [-0.25, -0.2) is 0 Å². The van der Waals surface area contributed by atoms with Crippen molar-refractivity contribution in [3.05, 3.63) is 65.2 Å². The van der Waals surface area contributed by atoms with Gasteiger partial charge < -0.3 is 5.32 Å². The number of hydrogen-bond donors (Lipinski definition) is 1. The van der Waals surface area contributed by atoms with Crippen molar-refractivity contribution in [3.8, 4) is 12.1 Å². The SMILES string of the molecule is Cc1cccc(NC(CC#N)c2ccccc2)c1C#N. The van der Waals surface area contributed by atoms with Crippen LogP contribution in [-0.4, -0.2) is 0 Å². The predicted molar refractivity (Wildman–Crippen MR) is 78.9 cm³/mol. The van der Waals surface area contributed by atoms with Crippen molar-refractivity contribution in [3.63, 3.8) is 0 Å². The standard InChI is InChI=1S/C17H15N3/c1-13-6-5-9-17(15(13)12-19)20-16(10-11-18)14-7-3-2-4-8-14/h2-9,16,20H,10H2,1H3. The second kappa shape index (κ2) is 6.41. The quantitative estimate of drug-likeness (QED) is 0.907. The van der Waals surface area contributed by atoms with Crippen LogP contribution in [0, 0.1) is 29.6 Å². The maximum absolute atomic E-state index is 9.26. The summed E-state index contributed by atoms with van der Waals surface area (Å²) in [7, 11) is 0. The second-order valence-corrected chi connectivity index (χ2v) is 4.58. The molecule has 0 saturated carbocycles. The van der Waals surface area contributed by atoms with Gasteiger partial charge in [0.15, 0.2) is 0 Å². The Bertz CT molecular complexity index is 663. The lowest BCUT2D eigenvalue weighted by Crippen LogP contribution is -2.11. The van der Waals surface area contributed by atoms with Crippen molar-refractivity contribution in [1.29, 1.82) is 10.5 Å². The third-order valence-corrected chi connectivity index (χ3v) is 3.21. The molecule has 1 N–H and O–H groups in total. The lowest BCUT2D eigenvalue weighted by atomic mass is 10.0. The van der Waals surface area contributed by atoms with Crippen LogP contribution in [0.1, 0.15) is 29.2 Å². The molecule has 0 fully saturated rings. The smallest absolute Gasteiger partial charge is 0.102 e. The Hall–Kier alpha value is -2.78. The van der Waals surface area contributed by atoms with Gasteiger partial charge >= 0.3 is 0 Å². The molecule has 0 bridgehead atoms. The first-order valence-electron chi connectivity index (χ1n) is 6.44. The summed E-state index contributed by atoms with van der Waals surface area (Å²) in [6.45, 7) is 1.91. The molecule has 0 aromatic heterocycles. The van der Waals surface area contributed by atoms with Gasteiger partial charge in [0.25, 0.3) is 0 Å². The third-order valence-electron chi connectivity index (χ3n) is 3.21. The molecule has 0 spiro atoms. The molecule has 20 heavy (non-hydrogen) atoms. The maximum Gasteiger partial charge on any atom is 0.102 e. The van der Waals surface area contributed by atoms with E-state index in [9.17, 15) is 5.26 Å². The molecule has 2 rings (SSSR count). The highest BCUT2D eigenvalue weighted by Crippen LogP contribution is 2.26. The van der Waals surface area contributed by atoms with Crippen LogP contribution >= 0.6 is 0 Å². The Morgan fingerprint density at radius 1 is 1.05 bits per heavy atom. The third kappa shape index (κ3) is 2.96. The van der Waals surface area contributed by atoms with Gasteiger partial charge in [-0.15, -0.1) is 0 Å². The summed E-state index contributed by atoms with van der Waals surface area (Å²) in [5, 5.41) is 21.6. The van der Waals surface area contributed by atoms with Gasteiger partial charge in [-0.1, -0.05) is 42.5 Å². The summed E-state index contributed by atoms with van der Waals surface area (Å²) >= 11 is 0. The zero-order valence-corrected chi connectivity index (χ0v) is 11.3. The number of nitriles is 2. The molecule has 3 nitrogen and oxygen atoms in total. The van der Waals surface area contributed by atoms with Crippen LogP contribution in [0.2, 0.25) is 0 Å². The van der Waals surface area contributed by atoms with Crippen molar-refractivity contribution in [2.75, 3.05) is 5.32 Å². The Morgan fingerprint density at radius 3 is 2.45 bits per heavy atom.